The first-order chi connectivity index (χ1) is 16.1. The molecule has 3 N–H and O–H groups in total. The zero-order valence-electron chi connectivity index (χ0n) is 17.8. The van der Waals surface area contributed by atoms with Crippen molar-refractivity contribution in [2.24, 2.45) is 0 Å². The first-order valence-corrected chi connectivity index (χ1v) is 10.4. The van der Waals surface area contributed by atoms with Crippen LogP contribution in [-0.2, 0) is 4.79 Å². The number of ether oxygens (including phenoxy) is 1. The van der Waals surface area contributed by atoms with E-state index in [9.17, 15) is 18.0 Å². The fraction of sp³-hybridized carbons (Fsp3) is 0.143. The average Bonchev–Trinajstić information content (AvgIpc) is 3.48. The summed E-state index contributed by atoms with van der Waals surface area (Å²) in [7, 11) is 3.32. The zero-order chi connectivity index (χ0) is 24.9. The molecule has 9 nitrogen and oxygen atoms in total. The van der Waals surface area contributed by atoms with Crippen LogP contribution in [0.15, 0.2) is 53.4 Å². The highest BCUT2D eigenvalue weighted by Crippen LogP contribution is 2.24. The summed E-state index contributed by atoms with van der Waals surface area (Å²) in [6.45, 7) is 0. The molecule has 0 atom stereocenters. The van der Waals surface area contributed by atoms with E-state index in [1.54, 1.807) is 19.7 Å². The second-order valence-electron chi connectivity index (χ2n) is 6.68. The van der Waals surface area contributed by atoms with Crippen LogP contribution in [-0.4, -0.2) is 52.4 Å². The number of nitrogens with one attached hydrogen (secondary N) is 2. The lowest BCUT2D eigenvalue weighted by Gasteiger charge is -2.18. The highest BCUT2D eigenvalue weighted by Gasteiger charge is 2.38. The van der Waals surface area contributed by atoms with Crippen molar-refractivity contribution in [3.05, 3.63) is 53.4 Å². The Morgan fingerprint density at radius 1 is 1.18 bits per heavy atom. The number of fused-ring (bicyclic) bond motifs is 1. The number of hydrogen-bond donors (Lipinski definition) is 3. The Bertz CT molecular complexity index is 1270. The summed E-state index contributed by atoms with van der Waals surface area (Å²) in [5.41, 5.74) is 5.68. The molecular weight excluding hydrogens is 475 g/mol. The van der Waals surface area contributed by atoms with Gasteiger partial charge in [0.2, 0.25) is 0 Å². The highest BCUT2D eigenvalue weighted by atomic mass is 32.1. The molecule has 0 bridgehead atoms. The number of nitrogens with zero attached hydrogens (tertiary/aromatic N) is 3. The molecule has 0 spiro atoms. The van der Waals surface area contributed by atoms with Gasteiger partial charge < -0.3 is 20.1 Å². The minimum absolute atomic E-state index is 0.237. The van der Waals surface area contributed by atoms with Gasteiger partial charge in [-0.1, -0.05) is 0 Å². The second-order valence-corrected chi connectivity index (χ2v) is 7.40. The van der Waals surface area contributed by atoms with E-state index in [2.05, 4.69) is 20.3 Å². The van der Waals surface area contributed by atoms with Gasteiger partial charge in [0.05, 0.1) is 23.7 Å². The topological polar surface area (TPSA) is 120 Å². The van der Waals surface area contributed by atoms with Crippen molar-refractivity contribution >= 4 is 45.7 Å². The Kier molecular flexibility index (Phi) is 7.36. The van der Waals surface area contributed by atoms with Crippen molar-refractivity contribution in [2.45, 2.75) is 6.18 Å². The van der Waals surface area contributed by atoms with Crippen LogP contribution in [0.2, 0.25) is 0 Å². The molecular formula is C21H18F3N5O4S. The number of aliphatic carboxylic acids is 1. The first kappa shape index (κ1) is 24.5. The first-order valence-electron chi connectivity index (χ1n) is 9.45. The number of benzene rings is 2. The van der Waals surface area contributed by atoms with Gasteiger partial charge in [-0.15, -0.1) is 11.3 Å². The Hall–Kier alpha value is -4.13. The summed E-state index contributed by atoms with van der Waals surface area (Å²) < 4.78 is 36.9. The summed E-state index contributed by atoms with van der Waals surface area (Å²) >= 11 is 1.52. The molecule has 2 amide bonds. The minimum atomic E-state index is -5.08. The summed E-state index contributed by atoms with van der Waals surface area (Å²) in [4.78, 5) is 35.0. The number of carbonyl (C=O) groups excluding carboxylic acids is 1. The average molecular weight is 493 g/mol. The zero-order valence-corrected chi connectivity index (χ0v) is 18.6. The van der Waals surface area contributed by atoms with Crippen LogP contribution in [0.4, 0.5) is 29.3 Å². The number of halogens is 3. The molecule has 0 aliphatic carbocycles. The molecule has 4 rings (SSSR count). The van der Waals surface area contributed by atoms with Crippen LogP contribution in [0.1, 0.15) is 0 Å². The third kappa shape index (κ3) is 6.01. The van der Waals surface area contributed by atoms with Crippen LogP contribution in [0.5, 0.6) is 5.75 Å². The van der Waals surface area contributed by atoms with E-state index in [1.165, 1.54) is 16.2 Å². The summed E-state index contributed by atoms with van der Waals surface area (Å²) in [6.07, 6.45) is -5.08. The number of hydrogen-bond acceptors (Lipinski definition) is 6. The molecule has 0 aliphatic heterocycles. The van der Waals surface area contributed by atoms with Gasteiger partial charge in [-0.25, -0.2) is 19.6 Å². The number of amides is 2. The third-order valence-corrected chi connectivity index (χ3v) is 5.00. The number of H-pyrrole nitrogens is 1. The molecule has 0 radical (unpaired) electrons. The Labute approximate surface area is 194 Å². The van der Waals surface area contributed by atoms with Gasteiger partial charge in [0.1, 0.15) is 11.4 Å². The minimum Gasteiger partial charge on any atom is -0.497 e. The number of carboxylic acid groups (broad SMARTS) is 1. The van der Waals surface area contributed by atoms with Crippen LogP contribution in [0, 0.1) is 0 Å². The molecule has 0 unspecified atom stereocenters. The van der Waals surface area contributed by atoms with Gasteiger partial charge >= 0.3 is 18.2 Å². The van der Waals surface area contributed by atoms with Gasteiger partial charge in [0, 0.05) is 23.8 Å². The number of carboxylic acids is 1. The number of aromatic nitrogens is 3. The molecule has 0 aliphatic rings. The van der Waals surface area contributed by atoms with E-state index >= 15 is 0 Å². The molecule has 13 heteroatoms. The number of alkyl halides is 3. The van der Waals surface area contributed by atoms with E-state index in [0.717, 1.165) is 28.2 Å². The maximum atomic E-state index is 12.5. The molecule has 178 valence electrons. The summed E-state index contributed by atoms with van der Waals surface area (Å²) in [6, 6.07) is 12.6. The molecule has 2 heterocycles. The van der Waals surface area contributed by atoms with Crippen molar-refractivity contribution < 1.29 is 32.6 Å². The van der Waals surface area contributed by atoms with Crippen molar-refractivity contribution in [3.8, 4) is 17.3 Å². The van der Waals surface area contributed by atoms with Gasteiger partial charge in [-0.2, -0.15) is 13.2 Å². The molecule has 2 aromatic heterocycles. The molecule has 0 fully saturated rings. The molecule has 0 saturated heterocycles. The Morgan fingerprint density at radius 2 is 1.85 bits per heavy atom. The maximum absolute atomic E-state index is 12.5. The third-order valence-electron chi connectivity index (χ3n) is 4.41. The fourth-order valence-corrected chi connectivity index (χ4v) is 3.21. The van der Waals surface area contributed by atoms with Crippen LogP contribution >= 0.6 is 11.3 Å². The van der Waals surface area contributed by atoms with E-state index in [0.29, 0.717) is 11.5 Å². The molecule has 4 aromatic rings. The Balaban J connectivity index is 0.000000406. The quantitative estimate of drug-likeness (QED) is 0.368. The standard InChI is InChI=1S/C19H17N5O2S.C2HF3O2/c1-24(13-4-6-14(26-2)7-5-13)19(25)21-12-3-8-15-16(9-12)23-18(22-15)17-10-27-11-20-17;3-2(4,5)1(6)7/h3-11H,1-2H3,(H,21,25)(H,22,23);(H,6,7). The van der Waals surface area contributed by atoms with E-state index < -0.39 is 12.1 Å². The highest BCUT2D eigenvalue weighted by molar-refractivity contribution is 7.07. The van der Waals surface area contributed by atoms with Crippen LogP contribution in [0.25, 0.3) is 22.6 Å². The predicted molar refractivity (Wildman–Crippen MR) is 121 cm³/mol. The second kappa shape index (κ2) is 10.2. The number of aromatic amines is 1. The number of rotatable bonds is 4. The lowest BCUT2D eigenvalue weighted by atomic mass is 10.2. The van der Waals surface area contributed by atoms with Crippen molar-refractivity contribution in [1.29, 1.82) is 0 Å². The number of carbonyl (C=O) groups is 2. The summed E-state index contributed by atoms with van der Waals surface area (Å²) in [5, 5.41) is 12.0. The number of urea groups is 1. The molecule has 0 saturated carbocycles. The number of anilines is 2. The largest absolute Gasteiger partial charge is 0.497 e. The van der Waals surface area contributed by atoms with Gasteiger partial charge in [0.25, 0.3) is 0 Å². The van der Waals surface area contributed by atoms with Crippen LogP contribution < -0.4 is 15.0 Å². The van der Waals surface area contributed by atoms with E-state index in [-0.39, 0.29) is 6.03 Å². The predicted octanol–water partition coefficient (Wildman–Crippen LogP) is 5.00. The van der Waals surface area contributed by atoms with Gasteiger partial charge in [0.15, 0.2) is 5.82 Å². The normalized spacial score (nSPS) is 10.9. The smallest absolute Gasteiger partial charge is 0.490 e. The van der Waals surface area contributed by atoms with Gasteiger partial charge in [-0.3, -0.25) is 4.90 Å². The van der Waals surface area contributed by atoms with Crippen molar-refractivity contribution in [1.82, 2.24) is 15.0 Å². The fourth-order valence-electron chi connectivity index (χ4n) is 2.67. The maximum Gasteiger partial charge on any atom is 0.490 e. The van der Waals surface area contributed by atoms with Crippen LogP contribution in [0.3, 0.4) is 0 Å². The Morgan fingerprint density at radius 3 is 2.41 bits per heavy atom. The number of methoxy groups -OCH3 is 1. The summed E-state index contributed by atoms with van der Waals surface area (Å²) in [5.74, 6) is -1.30. The number of thiazole rings is 1. The van der Waals surface area contributed by atoms with Gasteiger partial charge in [-0.05, 0) is 42.5 Å². The van der Waals surface area contributed by atoms with E-state index in [4.69, 9.17) is 14.6 Å². The van der Waals surface area contributed by atoms with E-state index in [1.807, 2.05) is 47.8 Å². The number of imidazole rings is 1. The monoisotopic (exact) mass is 493 g/mol. The lowest BCUT2D eigenvalue weighted by Crippen LogP contribution is -2.31. The van der Waals surface area contributed by atoms with Crippen molar-refractivity contribution in [2.75, 3.05) is 24.4 Å². The molecule has 34 heavy (non-hydrogen) atoms. The SMILES string of the molecule is COc1ccc(N(C)C(=O)Nc2ccc3nc(-c4cscn4)[nH]c3c2)cc1.O=C(O)C(F)(F)F. The lowest BCUT2D eigenvalue weighted by molar-refractivity contribution is -0.192. The molecule has 2 aromatic carbocycles. The van der Waals surface area contributed by atoms with Crippen molar-refractivity contribution in [3.63, 3.8) is 0 Å².